The maximum atomic E-state index is 11.9. The minimum Gasteiger partial charge on any atom is -0.459 e. The Morgan fingerprint density at radius 1 is 0.821 bits per heavy atom. The van der Waals surface area contributed by atoms with Crippen LogP contribution >= 0.6 is 0 Å². The van der Waals surface area contributed by atoms with Crippen molar-refractivity contribution in [2.45, 2.75) is 13.3 Å². The lowest BCUT2D eigenvalue weighted by molar-refractivity contribution is -0.126. The number of amides is 4. The van der Waals surface area contributed by atoms with E-state index >= 15 is 0 Å². The van der Waals surface area contributed by atoms with E-state index in [0.29, 0.717) is 5.69 Å². The van der Waals surface area contributed by atoms with Crippen LogP contribution in [0.3, 0.4) is 0 Å². The van der Waals surface area contributed by atoms with E-state index in [1.165, 1.54) is 12.3 Å². The normalized spacial score (nSPS) is 10.0. The Kier molecular flexibility index (Phi) is 7.77. The zero-order chi connectivity index (χ0) is 20.4. The van der Waals surface area contributed by atoms with Crippen molar-refractivity contribution in [3.63, 3.8) is 0 Å². The zero-order valence-electron chi connectivity index (χ0n) is 15.4. The standard InChI is InChI=1S/C19H22N4O5/c1-2-13-6-3-4-7-14(13)23-18(26)12-21-16(24)10-20-17(25)11-22-19(27)15-8-5-9-28-15/h3-9H,2,10-12H2,1H3,(H,20,25)(H,21,24)(H,22,27)(H,23,26). The molecule has 0 radical (unpaired) electrons. The molecule has 0 spiro atoms. The summed E-state index contributed by atoms with van der Waals surface area (Å²) in [6.07, 6.45) is 2.11. The number of nitrogens with one attached hydrogen (secondary N) is 4. The summed E-state index contributed by atoms with van der Waals surface area (Å²) in [7, 11) is 0. The number of para-hydroxylation sites is 1. The molecule has 148 valence electrons. The summed E-state index contributed by atoms with van der Waals surface area (Å²) in [6.45, 7) is 1.14. The highest BCUT2D eigenvalue weighted by atomic mass is 16.3. The minimum absolute atomic E-state index is 0.0844. The molecule has 28 heavy (non-hydrogen) atoms. The van der Waals surface area contributed by atoms with E-state index in [2.05, 4.69) is 21.3 Å². The summed E-state index contributed by atoms with van der Waals surface area (Å²) in [4.78, 5) is 47.0. The summed E-state index contributed by atoms with van der Waals surface area (Å²) in [6, 6.07) is 10.4. The van der Waals surface area contributed by atoms with Crippen LogP contribution in [-0.2, 0) is 20.8 Å². The fourth-order valence-electron chi connectivity index (χ4n) is 2.28. The van der Waals surface area contributed by atoms with Gasteiger partial charge in [-0.15, -0.1) is 0 Å². The van der Waals surface area contributed by atoms with Crippen LogP contribution in [0.2, 0.25) is 0 Å². The first-order chi connectivity index (χ1) is 13.5. The van der Waals surface area contributed by atoms with E-state index in [1.807, 2.05) is 25.1 Å². The number of anilines is 1. The second-order valence-corrected chi connectivity index (χ2v) is 5.77. The zero-order valence-corrected chi connectivity index (χ0v) is 15.4. The van der Waals surface area contributed by atoms with Gasteiger partial charge in [0, 0.05) is 5.69 Å². The Labute approximate surface area is 161 Å². The Morgan fingerprint density at radius 3 is 2.11 bits per heavy atom. The molecule has 0 bridgehead atoms. The molecule has 4 N–H and O–H groups in total. The number of hydrogen-bond donors (Lipinski definition) is 4. The first-order valence-corrected chi connectivity index (χ1v) is 8.72. The van der Waals surface area contributed by atoms with Gasteiger partial charge in [-0.1, -0.05) is 25.1 Å². The van der Waals surface area contributed by atoms with Crippen molar-refractivity contribution in [2.75, 3.05) is 25.0 Å². The Balaban J connectivity index is 1.64. The van der Waals surface area contributed by atoms with Crippen LogP contribution in [0, 0.1) is 0 Å². The minimum atomic E-state index is -0.545. The van der Waals surface area contributed by atoms with Crippen molar-refractivity contribution in [2.24, 2.45) is 0 Å². The number of carbonyl (C=O) groups is 4. The van der Waals surface area contributed by atoms with Crippen molar-refractivity contribution >= 4 is 29.3 Å². The quantitative estimate of drug-likeness (QED) is 0.497. The lowest BCUT2D eigenvalue weighted by Crippen LogP contribution is -2.43. The number of hydrogen-bond acceptors (Lipinski definition) is 5. The summed E-state index contributed by atoms with van der Waals surface area (Å²) in [5, 5.41) is 9.85. The predicted molar refractivity (Wildman–Crippen MR) is 102 cm³/mol. The summed E-state index contributed by atoms with van der Waals surface area (Å²) in [5.41, 5.74) is 1.69. The smallest absolute Gasteiger partial charge is 0.287 e. The Hall–Kier alpha value is -3.62. The van der Waals surface area contributed by atoms with Gasteiger partial charge >= 0.3 is 0 Å². The van der Waals surface area contributed by atoms with Gasteiger partial charge in [-0.25, -0.2) is 0 Å². The van der Waals surface area contributed by atoms with E-state index in [-0.39, 0.29) is 31.3 Å². The third-order valence-electron chi connectivity index (χ3n) is 3.72. The van der Waals surface area contributed by atoms with Crippen molar-refractivity contribution < 1.29 is 23.6 Å². The van der Waals surface area contributed by atoms with Gasteiger partial charge in [0.15, 0.2) is 5.76 Å². The number of rotatable bonds is 9. The molecule has 9 nitrogen and oxygen atoms in total. The van der Waals surface area contributed by atoms with Crippen LogP contribution in [0.15, 0.2) is 47.1 Å². The third kappa shape index (κ3) is 6.60. The molecular weight excluding hydrogens is 364 g/mol. The molecule has 2 aromatic rings. The molecular formula is C19H22N4O5. The number of carbonyl (C=O) groups excluding carboxylic acids is 4. The van der Waals surface area contributed by atoms with Gasteiger partial charge in [-0.2, -0.15) is 0 Å². The second-order valence-electron chi connectivity index (χ2n) is 5.77. The highest BCUT2D eigenvalue weighted by molar-refractivity contribution is 5.96. The molecule has 0 aliphatic heterocycles. The van der Waals surface area contributed by atoms with Gasteiger partial charge in [-0.3, -0.25) is 19.2 Å². The molecule has 0 atom stereocenters. The predicted octanol–water partition coefficient (Wildman–Crippen LogP) is 0.443. The lowest BCUT2D eigenvalue weighted by Gasteiger charge is -2.10. The topological polar surface area (TPSA) is 130 Å². The van der Waals surface area contributed by atoms with Crippen molar-refractivity contribution in [3.8, 4) is 0 Å². The van der Waals surface area contributed by atoms with Crippen LogP contribution in [0.5, 0.6) is 0 Å². The Morgan fingerprint density at radius 2 is 1.46 bits per heavy atom. The summed E-state index contributed by atoms with van der Waals surface area (Å²) < 4.78 is 4.89. The van der Waals surface area contributed by atoms with Gasteiger partial charge in [-0.05, 0) is 30.2 Å². The first-order valence-electron chi connectivity index (χ1n) is 8.72. The average molecular weight is 386 g/mol. The van der Waals surface area contributed by atoms with Crippen LogP contribution < -0.4 is 21.3 Å². The monoisotopic (exact) mass is 386 g/mol. The maximum Gasteiger partial charge on any atom is 0.287 e. The van der Waals surface area contributed by atoms with E-state index in [1.54, 1.807) is 12.1 Å². The highest BCUT2D eigenvalue weighted by Crippen LogP contribution is 2.14. The fourth-order valence-corrected chi connectivity index (χ4v) is 2.28. The molecule has 9 heteroatoms. The van der Waals surface area contributed by atoms with E-state index in [9.17, 15) is 19.2 Å². The van der Waals surface area contributed by atoms with Crippen molar-refractivity contribution in [1.29, 1.82) is 0 Å². The van der Waals surface area contributed by atoms with Gasteiger partial charge in [0.1, 0.15) is 0 Å². The summed E-state index contributed by atoms with van der Waals surface area (Å²) in [5.74, 6) is -1.89. The van der Waals surface area contributed by atoms with E-state index < -0.39 is 17.7 Å². The number of furan rings is 1. The lowest BCUT2D eigenvalue weighted by atomic mass is 10.1. The second kappa shape index (κ2) is 10.5. The SMILES string of the molecule is CCc1ccccc1NC(=O)CNC(=O)CNC(=O)CNC(=O)c1ccco1. The number of benzene rings is 1. The third-order valence-corrected chi connectivity index (χ3v) is 3.72. The molecule has 2 rings (SSSR count). The summed E-state index contributed by atoms with van der Waals surface area (Å²) >= 11 is 0. The average Bonchev–Trinajstić information content (AvgIpc) is 3.24. The van der Waals surface area contributed by atoms with Crippen LogP contribution in [-0.4, -0.2) is 43.3 Å². The van der Waals surface area contributed by atoms with E-state index in [0.717, 1.165) is 12.0 Å². The molecule has 0 saturated heterocycles. The largest absolute Gasteiger partial charge is 0.459 e. The highest BCUT2D eigenvalue weighted by Gasteiger charge is 2.12. The van der Waals surface area contributed by atoms with Crippen molar-refractivity contribution in [1.82, 2.24) is 16.0 Å². The van der Waals surface area contributed by atoms with Gasteiger partial charge in [0.25, 0.3) is 5.91 Å². The molecule has 0 saturated carbocycles. The van der Waals surface area contributed by atoms with E-state index in [4.69, 9.17) is 4.42 Å². The fraction of sp³-hybridized carbons (Fsp3) is 0.263. The molecule has 1 heterocycles. The van der Waals surface area contributed by atoms with Crippen LogP contribution in [0.25, 0.3) is 0 Å². The molecule has 0 unspecified atom stereocenters. The molecule has 0 aliphatic rings. The van der Waals surface area contributed by atoms with Gasteiger partial charge in [0.2, 0.25) is 17.7 Å². The Bertz CT molecular complexity index is 833. The van der Waals surface area contributed by atoms with Crippen LogP contribution in [0.4, 0.5) is 5.69 Å². The first kappa shape index (κ1) is 20.7. The maximum absolute atomic E-state index is 11.9. The van der Waals surface area contributed by atoms with Crippen LogP contribution in [0.1, 0.15) is 23.0 Å². The molecule has 1 aromatic heterocycles. The molecule has 4 amide bonds. The van der Waals surface area contributed by atoms with Gasteiger partial charge < -0.3 is 25.7 Å². The van der Waals surface area contributed by atoms with Gasteiger partial charge in [0.05, 0.1) is 25.9 Å². The number of aryl methyl sites for hydroxylation is 1. The molecule has 0 fully saturated rings. The molecule has 0 aliphatic carbocycles. The van der Waals surface area contributed by atoms with Crippen molar-refractivity contribution in [3.05, 3.63) is 54.0 Å². The molecule has 1 aromatic carbocycles.